The van der Waals surface area contributed by atoms with Gasteiger partial charge in [0.15, 0.2) is 0 Å². The quantitative estimate of drug-likeness (QED) is 0.322. The number of nitrogens with zero attached hydrogens (tertiary/aromatic N) is 4. The molecule has 1 fully saturated rings. The third-order valence-electron chi connectivity index (χ3n) is 6.17. The number of ketones is 1. The van der Waals surface area contributed by atoms with Gasteiger partial charge in [0.1, 0.15) is 17.6 Å². The molecule has 1 unspecified atom stereocenters. The standard InChI is InChI=1S/C25H28N4O4/c1-4-27(5-2)13-14-28-22(20-12-9-15-33-20)21(24(31)25(28)32)23(30)19-16-26-29(17(19)3)18-10-7-6-8-11-18/h6-12,15-16,22,30H,4-5,13-14H2,1-3H3. The van der Waals surface area contributed by atoms with Gasteiger partial charge in [-0.3, -0.25) is 9.59 Å². The lowest BCUT2D eigenvalue weighted by Gasteiger charge is -2.26. The Morgan fingerprint density at radius 2 is 1.85 bits per heavy atom. The summed E-state index contributed by atoms with van der Waals surface area (Å²) in [6.07, 6.45) is 3.01. The van der Waals surface area contributed by atoms with Crippen LogP contribution in [0.3, 0.4) is 0 Å². The number of hydrogen-bond donors (Lipinski definition) is 1. The number of hydrogen-bond acceptors (Lipinski definition) is 6. The molecule has 3 aromatic rings. The number of aliphatic hydroxyl groups excluding tert-OH is 1. The number of likely N-dealkylation sites (tertiary alicyclic amines) is 1. The summed E-state index contributed by atoms with van der Waals surface area (Å²) in [4.78, 5) is 29.8. The molecule has 0 radical (unpaired) electrons. The molecule has 1 amide bonds. The zero-order valence-electron chi connectivity index (χ0n) is 19.1. The van der Waals surface area contributed by atoms with E-state index in [2.05, 4.69) is 23.8 Å². The molecule has 1 atom stereocenters. The minimum atomic E-state index is -0.796. The van der Waals surface area contributed by atoms with Crippen LogP contribution in [0.15, 0.2) is 64.9 Å². The van der Waals surface area contributed by atoms with Crippen molar-refractivity contribution < 1.29 is 19.1 Å². The number of carbonyl (C=O) groups excluding carboxylic acids is 2. The van der Waals surface area contributed by atoms with Crippen LogP contribution in [0.4, 0.5) is 0 Å². The second-order valence-corrected chi connectivity index (χ2v) is 7.93. The Kier molecular flexibility index (Phi) is 6.46. The van der Waals surface area contributed by atoms with Gasteiger partial charge >= 0.3 is 0 Å². The average Bonchev–Trinajstić information content (AvgIpc) is 3.55. The second kappa shape index (κ2) is 9.46. The topological polar surface area (TPSA) is 91.8 Å². The fourth-order valence-electron chi connectivity index (χ4n) is 4.26. The molecular formula is C25H28N4O4. The van der Waals surface area contributed by atoms with Crippen LogP contribution in [-0.4, -0.2) is 62.6 Å². The maximum absolute atomic E-state index is 13.1. The van der Waals surface area contributed by atoms with E-state index in [4.69, 9.17) is 4.42 Å². The first-order chi connectivity index (χ1) is 16.0. The van der Waals surface area contributed by atoms with Crippen molar-refractivity contribution in [3.8, 4) is 5.69 Å². The zero-order valence-corrected chi connectivity index (χ0v) is 19.1. The van der Waals surface area contributed by atoms with E-state index in [9.17, 15) is 14.7 Å². The third kappa shape index (κ3) is 4.09. The Hall–Kier alpha value is -3.65. The van der Waals surface area contributed by atoms with E-state index in [1.54, 1.807) is 16.8 Å². The van der Waals surface area contributed by atoms with Crippen molar-refractivity contribution in [3.63, 3.8) is 0 Å². The fourth-order valence-corrected chi connectivity index (χ4v) is 4.26. The van der Waals surface area contributed by atoms with Crippen molar-refractivity contribution in [1.82, 2.24) is 19.6 Å². The number of benzene rings is 1. The molecule has 0 bridgehead atoms. The van der Waals surface area contributed by atoms with Gasteiger partial charge in [-0.05, 0) is 44.3 Å². The van der Waals surface area contributed by atoms with Crippen LogP contribution in [0.1, 0.15) is 36.9 Å². The number of aromatic nitrogens is 2. The number of aliphatic hydroxyl groups is 1. The molecule has 8 nitrogen and oxygen atoms in total. The number of furan rings is 1. The number of carbonyl (C=O) groups is 2. The van der Waals surface area contributed by atoms with Gasteiger partial charge in [-0.1, -0.05) is 32.0 Å². The van der Waals surface area contributed by atoms with Crippen LogP contribution in [0, 0.1) is 6.92 Å². The van der Waals surface area contributed by atoms with Crippen molar-refractivity contribution in [2.24, 2.45) is 0 Å². The van der Waals surface area contributed by atoms with Crippen LogP contribution < -0.4 is 0 Å². The number of amides is 1. The van der Waals surface area contributed by atoms with E-state index in [0.717, 1.165) is 18.8 Å². The Bertz CT molecular complexity index is 1160. The summed E-state index contributed by atoms with van der Waals surface area (Å²) in [6.45, 7) is 8.54. The fraction of sp³-hybridized carbons (Fsp3) is 0.320. The number of Topliss-reactive ketones (excluding diaryl/α,β-unsaturated/α-hetero) is 1. The molecule has 4 rings (SSSR count). The molecular weight excluding hydrogens is 420 g/mol. The van der Waals surface area contributed by atoms with Crippen molar-refractivity contribution >= 4 is 17.4 Å². The van der Waals surface area contributed by atoms with E-state index in [-0.39, 0.29) is 11.3 Å². The largest absolute Gasteiger partial charge is 0.507 e. The van der Waals surface area contributed by atoms with Crippen molar-refractivity contribution in [2.75, 3.05) is 26.2 Å². The lowest BCUT2D eigenvalue weighted by molar-refractivity contribution is -0.140. The Morgan fingerprint density at radius 3 is 2.48 bits per heavy atom. The average molecular weight is 449 g/mol. The van der Waals surface area contributed by atoms with Gasteiger partial charge in [0.2, 0.25) is 0 Å². The van der Waals surface area contributed by atoms with Crippen molar-refractivity contribution in [2.45, 2.75) is 26.8 Å². The molecule has 0 saturated carbocycles. The predicted molar refractivity (Wildman–Crippen MR) is 124 cm³/mol. The highest BCUT2D eigenvalue weighted by Crippen LogP contribution is 2.40. The summed E-state index contributed by atoms with van der Waals surface area (Å²) in [6, 6.07) is 12.1. The highest BCUT2D eigenvalue weighted by atomic mass is 16.3. The molecule has 2 aromatic heterocycles. The number of rotatable bonds is 8. The van der Waals surface area contributed by atoms with Gasteiger partial charge < -0.3 is 19.3 Å². The molecule has 1 aliphatic heterocycles. The van der Waals surface area contributed by atoms with Gasteiger partial charge in [0.05, 0.1) is 35.0 Å². The van der Waals surface area contributed by atoms with Gasteiger partial charge in [0, 0.05) is 13.1 Å². The van der Waals surface area contributed by atoms with Crippen LogP contribution in [0.2, 0.25) is 0 Å². The van der Waals surface area contributed by atoms with E-state index in [1.807, 2.05) is 37.3 Å². The van der Waals surface area contributed by atoms with Gasteiger partial charge in [-0.15, -0.1) is 0 Å². The number of para-hydroxylation sites is 1. The summed E-state index contributed by atoms with van der Waals surface area (Å²) in [5.41, 5.74) is 1.91. The maximum Gasteiger partial charge on any atom is 0.295 e. The summed E-state index contributed by atoms with van der Waals surface area (Å²) >= 11 is 0. The number of likely N-dealkylation sites (N-methyl/N-ethyl adjacent to an activating group) is 1. The van der Waals surface area contributed by atoms with Gasteiger partial charge in [0.25, 0.3) is 11.7 Å². The normalized spacial score (nSPS) is 17.9. The smallest absolute Gasteiger partial charge is 0.295 e. The van der Waals surface area contributed by atoms with E-state index < -0.39 is 17.7 Å². The summed E-state index contributed by atoms with van der Waals surface area (Å²) in [5, 5.41) is 15.7. The molecule has 8 heteroatoms. The summed E-state index contributed by atoms with van der Waals surface area (Å²) in [5.74, 6) is -1.18. The molecule has 1 aromatic carbocycles. The van der Waals surface area contributed by atoms with Gasteiger partial charge in [-0.25, -0.2) is 4.68 Å². The van der Waals surface area contributed by atoms with E-state index >= 15 is 0 Å². The van der Waals surface area contributed by atoms with Crippen LogP contribution in [0.5, 0.6) is 0 Å². The summed E-state index contributed by atoms with van der Waals surface area (Å²) < 4.78 is 7.29. The molecule has 1 N–H and O–H groups in total. The molecule has 1 saturated heterocycles. The predicted octanol–water partition coefficient (Wildman–Crippen LogP) is 3.54. The lowest BCUT2D eigenvalue weighted by atomic mass is 9.99. The van der Waals surface area contributed by atoms with Crippen LogP contribution in [-0.2, 0) is 9.59 Å². The molecule has 172 valence electrons. The van der Waals surface area contributed by atoms with Crippen molar-refractivity contribution in [3.05, 3.63) is 77.5 Å². The van der Waals surface area contributed by atoms with Crippen molar-refractivity contribution in [1.29, 1.82) is 0 Å². The van der Waals surface area contributed by atoms with Crippen LogP contribution >= 0.6 is 0 Å². The highest BCUT2D eigenvalue weighted by Gasteiger charge is 2.47. The zero-order chi connectivity index (χ0) is 23.5. The molecule has 1 aliphatic rings. The molecule has 3 heterocycles. The summed E-state index contributed by atoms with van der Waals surface area (Å²) in [7, 11) is 0. The second-order valence-electron chi connectivity index (χ2n) is 7.93. The molecule has 0 spiro atoms. The molecule has 33 heavy (non-hydrogen) atoms. The Morgan fingerprint density at radius 1 is 1.12 bits per heavy atom. The maximum atomic E-state index is 13.1. The van der Waals surface area contributed by atoms with E-state index in [0.29, 0.717) is 30.1 Å². The van der Waals surface area contributed by atoms with Gasteiger partial charge in [-0.2, -0.15) is 5.10 Å². The first kappa shape index (κ1) is 22.5. The highest BCUT2D eigenvalue weighted by molar-refractivity contribution is 6.46. The molecule has 0 aliphatic carbocycles. The Labute approximate surface area is 192 Å². The lowest BCUT2D eigenvalue weighted by Crippen LogP contribution is -2.37. The van der Waals surface area contributed by atoms with E-state index in [1.165, 1.54) is 17.4 Å². The monoisotopic (exact) mass is 448 g/mol. The minimum Gasteiger partial charge on any atom is -0.507 e. The first-order valence-electron chi connectivity index (χ1n) is 11.1. The minimum absolute atomic E-state index is 0.0187. The first-order valence-corrected chi connectivity index (χ1v) is 11.1. The third-order valence-corrected chi connectivity index (χ3v) is 6.17. The SMILES string of the molecule is CCN(CC)CCN1C(=O)C(=O)C(=C(O)c2cnn(-c3ccccc3)c2C)C1c1ccco1. The van der Waals surface area contributed by atoms with Crippen LogP contribution in [0.25, 0.3) is 11.4 Å². The Balaban J connectivity index is 1.77.